The van der Waals surface area contributed by atoms with Gasteiger partial charge in [-0.05, 0) is 42.7 Å². The van der Waals surface area contributed by atoms with E-state index in [1.54, 1.807) is 12.1 Å². The lowest BCUT2D eigenvalue weighted by atomic mass is 9.93. The molecule has 0 aliphatic carbocycles. The van der Waals surface area contributed by atoms with Gasteiger partial charge in [0, 0.05) is 18.2 Å². The minimum absolute atomic E-state index is 0.203. The highest BCUT2D eigenvalue weighted by Crippen LogP contribution is 2.33. The van der Waals surface area contributed by atoms with Crippen LogP contribution in [0, 0.1) is 12.7 Å². The monoisotopic (exact) mass is 271 g/mol. The largest absolute Gasteiger partial charge is 0.493 e. The molecule has 0 spiro atoms. The molecule has 0 amide bonds. The Morgan fingerprint density at radius 3 is 3.00 bits per heavy atom. The molecule has 2 nitrogen and oxygen atoms in total. The average molecular weight is 271 g/mol. The second-order valence-corrected chi connectivity index (χ2v) is 5.21. The molecule has 20 heavy (non-hydrogen) atoms. The van der Waals surface area contributed by atoms with Crippen LogP contribution in [-0.2, 0) is 0 Å². The Morgan fingerprint density at radius 1 is 1.25 bits per heavy atom. The van der Waals surface area contributed by atoms with E-state index in [-0.39, 0.29) is 5.82 Å². The third kappa shape index (κ3) is 2.62. The highest BCUT2D eigenvalue weighted by atomic mass is 19.1. The van der Waals surface area contributed by atoms with Crippen LogP contribution in [0.5, 0.6) is 5.75 Å². The Labute approximate surface area is 118 Å². The number of fused-ring (bicyclic) bond motifs is 1. The summed E-state index contributed by atoms with van der Waals surface area (Å²) in [6, 6.07) is 13.0. The predicted octanol–water partition coefficient (Wildman–Crippen LogP) is 4.11. The average Bonchev–Trinajstić information content (AvgIpc) is 2.48. The molecule has 0 aromatic heterocycles. The lowest BCUT2D eigenvalue weighted by molar-refractivity contribution is 0.270. The van der Waals surface area contributed by atoms with Crippen molar-refractivity contribution in [1.82, 2.24) is 0 Å². The Balaban J connectivity index is 1.75. The number of benzene rings is 2. The lowest BCUT2D eigenvalue weighted by Gasteiger charge is -2.26. The molecule has 1 unspecified atom stereocenters. The van der Waals surface area contributed by atoms with Gasteiger partial charge in [-0.25, -0.2) is 4.39 Å². The van der Waals surface area contributed by atoms with Crippen molar-refractivity contribution in [1.29, 1.82) is 0 Å². The summed E-state index contributed by atoms with van der Waals surface area (Å²) >= 11 is 0. The van der Waals surface area contributed by atoms with Gasteiger partial charge < -0.3 is 10.1 Å². The second-order valence-electron chi connectivity index (χ2n) is 5.21. The molecule has 0 saturated carbocycles. The smallest absolute Gasteiger partial charge is 0.125 e. The summed E-state index contributed by atoms with van der Waals surface area (Å²) in [6.45, 7) is 3.52. The molecule has 1 heterocycles. The van der Waals surface area contributed by atoms with E-state index < -0.39 is 0 Å². The van der Waals surface area contributed by atoms with Crippen LogP contribution in [-0.4, -0.2) is 13.2 Å². The van der Waals surface area contributed by atoms with Crippen LogP contribution in [0.4, 0.5) is 10.1 Å². The summed E-state index contributed by atoms with van der Waals surface area (Å²) in [5, 5.41) is 3.37. The number of hydrogen-bond acceptors (Lipinski definition) is 2. The first-order valence-corrected chi connectivity index (χ1v) is 6.96. The summed E-state index contributed by atoms with van der Waals surface area (Å²) in [7, 11) is 0. The van der Waals surface area contributed by atoms with Crippen molar-refractivity contribution in [2.24, 2.45) is 0 Å². The third-order valence-electron chi connectivity index (χ3n) is 3.82. The second kappa shape index (κ2) is 5.53. The predicted molar refractivity (Wildman–Crippen MR) is 78.9 cm³/mol. The number of nitrogens with one attached hydrogen (secondary N) is 1. The molecule has 2 aromatic carbocycles. The van der Waals surface area contributed by atoms with E-state index in [1.807, 2.05) is 25.1 Å². The third-order valence-corrected chi connectivity index (χ3v) is 3.82. The Morgan fingerprint density at radius 2 is 2.10 bits per heavy atom. The first-order chi connectivity index (χ1) is 9.74. The summed E-state index contributed by atoms with van der Waals surface area (Å²) in [6.07, 6.45) is 0.985. The van der Waals surface area contributed by atoms with Crippen molar-refractivity contribution in [2.75, 3.05) is 18.5 Å². The first kappa shape index (κ1) is 13.0. The maximum atomic E-state index is 13.3. The van der Waals surface area contributed by atoms with E-state index in [1.165, 1.54) is 11.6 Å². The van der Waals surface area contributed by atoms with E-state index in [2.05, 4.69) is 11.4 Å². The summed E-state index contributed by atoms with van der Waals surface area (Å²) < 4.78 is 19.0. The van der Waals surface area contributed by atoms with E-state index >= 15 is 0 Å². The molecule has 1 aliphatic heterocycles. The fourth-order valence-corrected chi connectivity index (χ4v) is 2.65. The Kier molecular flexibility index (Phi) is 3.59. The molecule has 3 rings (SSSR count). The number of hydrogen-bond donors (Lipinski definition) is 1. The molecule has 1 N–H and O–H groups in total. The number of rotatable bonds is 3. The van der Waals surface area contributed by atoms with Gasteiger partial charge in [0.15, 0.2) is 0 Å². The number of halogens is 1. The molecule has 3 heteroatoms. The molecular weight excluding hydrogens is 253 g/mol. The molecule has 0 saturated heterocycles. The zero-order valence-corrected chi connectivity index (χ0v) is 11.5. The van der Waals surface area contributed by atoms with E-state index in [0.717, 1.165) is 36.6 Å². The highest BCUT2D eigenvalue weighted by molar-refractivity contribution is 5.51. The number of para-hydroxylation sites is 1. The molecule has 104 valence electrons. The van der Waals surface area contributed by atoms with Gasteiger partial charge in [0.1, 0.15) is 11.6 Å². The van der Waals surface area contributed by atoms with Gasteiger partial charge in [0.05, 0.1) is 6.61 Å². The van der Waals surface area contributed by atoms with Crippen LogP contribution in [0.2, 0.25) is 0 Å². The molecule has 0 fully saturated rings. The van der Waals surface area contributed by atoms with E-state index in [0.29, 0.717) is 5.92 Å². The lowest BCUT2D eigenvalue weighted by Crippen LogP contribution is -2.21. The van der Waals surface area contributed by atoms with Crippen molar-refractivity contribution in [2.45, 2.75) is 19.3 Å². The molecule has 2 aromatic rings. The fourth-order valence-electron chi connectivity index (χ4n) is 2.65. The highest BCUT2D eigenvalue weighted by Gasteiger charge is 2.20. The van der Waals surface area contributed by atoms with Gasteiger partial charge >= 0.3 is 0 Å². The summed E-state index contributed by atoms with van der Waals surface area (Å²) in [5.41, 5.74) is 3.17. The van der Waals surface area contributed by atoms with Crippen LogP contribution in [0.1, 0.15) is 23.5 Å². The van der Waals surface area contributed by atoms with Crippen LogP contribution < -0.4 is 10.1 Å². The molecule has 0 radical (unpaired) electrons. The minimum atomic E-state index is -0.203. The maximum Gasteiger partial charge on any atom is 0.125 e. The van der Waals surface area contributed by atoms with Gasteiger partial charge in [0.2, 0.25) is 0 Å². The fraction of sp³-hybridized carbons (Fsp3) is 0.294. The van der Waals surface area contributed by atoms with Gasteiger partial charge in [0.25, 0.3) is 0 Å². The Bertz CT molecular complexity index is 612. The van der Waals surface area contributed by atoms with Crippen molar-refractivity contribution < 1.29 is 9.13 Å². The quantitative estimate of drug-likeness (QED) is 0.907. The van der Waals surface area contributed by atoms with Crippen LogP contribution >= 0.6 is 0 Å². The standard InChI is InChI=1S/C17H18FNO/c1-12-6-7-14(18)10-16(12)19-11-13-8-9-20-17-5-3-2-4-15(13)17/h2-7,10,13,19H,8-9,11H2,1H3. The number of aryl methyl sites for hydroxylation is 1. The van der Waals surface area contributed by atoms with Crippen LogP contribution in [0.25, 0.3) is 0 Å². The van der Waals surface area contributed by atoms with E-state index in [9.17, 15) is 4.39 Å². The van der Waals surface area contributed by atoms with Gasteiger partial charge in [-0.3, -0.25) is 0 Å². The Hall–Kier alpha value is -2.03. The van der Waals surface area contributed by atoms with Crippen LogP contribution in [0.3, 0.4) is 0 Å². The minimum Gasteiger partial charge on any atom is -0.493 e. The molecule has 1 atom stereocenters. The summed E-state index contributed by atoms with van der Waals surface area (Å²) in [4.78, 5) is 0. The van der Waals surface area contributed by atoms with Crippen molar-refractivity contribution in [3.05, 3.63) is 59.4 Å². The van der Waals surface area contributed by atoms with Crippen molar-refractivity contribution >= 4 is 5.69 Å². The number of anilines is 1. The SMILES string of the molecule is Cc1ccc(F)cc1NCC1CCOc2ccccc21. The topological polar surface area (TPSA) is 21.3 Å². The van der Waals surface area contributed by atoms with Crippen LogP contribution in [0.15, 0.2) is 42.5 Å². The van der Waals surface area contributed by atoms with Crippen molar-refractivity contribution in [3.63, 3.8) is 0 Å². The first-order valence-electron chi connectivity index (χ1n) is 6.96. The zero-order chi connectivity index (χ0) is 13.9. The van der Waals surface area contributed by atoms with Crippen molar-refractivity contribution in [3.8, 4) is 5.75 Å². The summed E-state index contributed by atoms with van der Waals surface area (Å²) in [5.74, 6) is 1.18. The molecule has 0 bridgehead atoms. The zero-order valence-electron chi connectivity index (χ0n) is 11.5. The number of ether oxygens (including phenoxy) is 1. The molecular formula is C17H18FNO. The van der Waals surface area contributed by atoms with Gasteiger partial charge in [-0.2, -0.15) is 0 Å². The maximum absolute atomic E-state index is 13.3. The normalized spacial score (nSPS) is 17.2. The van der Waals surface area contributed by atoms with Gasteiger partial charge in [-0.15, -0.1) is 0 Å². The molecule has 1 aliphatic rings. The van der Waals surface area contributed by atoms with Gasteiger partial charge in [-0.1, -0.05) is 24.3 Å². The van der Waals surface area contributed by atoms with E-state index in [4.69, 9.17) is 4.74 Å².